The Kier molecular flexibility index (Phi) is 6.53. The van der Waals surface area contributed by atoms with Gasteiger partial charge in [-0.25, -0.2) is 0 Å². The number of unbranched alkanes of at least 4 members (excludes halogenated alkanes) is 1. The van der Waals surface area contributed by atoms with Crippen molar-refractivity contribution in [3.8, 4) is 5.75 Å². The number of carbonyl (C=O) groups excluding carboxylic acids is 1. The first-order valence-electron chi connectivity index (χ1n) is 10.9. The molecule has 6 nitrogen and oxygen atoms in total. The van der Waals surface area contributed by atoms with Gasteiger partial charge in [-0.1, -0.05) is 37.1 Å². The van der Waals surface area contributed by atoms with Crippen molar-refractivity contribution in [1.82, 2.24) is 9.80 Å². The van der Waals surface area contributed by atoms with Crippen LogP contribution in [-0.2, 0) is 0 Å². The molecule has 168 valence electrons. The number of likely N-dealkylation sites (N-methyl/N-ethyl adjacent to an activating group) is 1. The minimum Gasteiger partial charge on any atom is -0.494 e. The van der Waals surface area contributed by atoms with Gasteiger partial charge >= 0.3 is 0 Å². The van der Waals surface area contributed by atoms with Gasteiger partial charge in [0.05, 0.1) is 23.6 Å². The van der Waals surface area contributed by atoms with Gasteiger partial charge < -0.3 is 19.0 Å². The molecule has 0 aliphatic carbocycles. The fourth-order valence-electron chi connectivity index (χ4n) is 3.96. The van der Waals surface area contributed by atoms with Crippen molar-refractivity contribution in [1.29, 1.82) is 0 Å². The van der Waals surface area contributed by atoms with Crippen LogP contribution < -0.4 is 10.2 Å². The third kappa shape index (κ3) is 4.25. The van der Waals surface area contributed by atoms with Gasteiger partial charge in [-0.05, 0) is 56.4 Å². The Bertz CT molecular complexity index is 1190. The van der Waals surface area contributed by atoms with Gasteiger partial charge in [0, 0.05) is 18.1 Å². The van der Waals surface area contributed by atoms with E-state index < -0.39 is 6.04 Å². The highest BCUT2D eigenvalue weighted by molar-refractivity contribution is 6.31. The van der Waals surface area contributed by atoms with E-state index in [2.05, 4.69) is 6.92 Å². The molecular weight excluding hydrogens is 428 g/mol. The molecule has 1 amide bonds. The normalized spacial score (nSPS) is 15.6. The Morgan fingerprint density at radius 3 is 2.56 bits per heavy atom. The zero-order valence-corrected chi connectivity index (χ0v) is 19.3. The van der Waals surface area contributed by atoms with E-state index >= 15 is 0 Å². The summed E-state index contributed by atoms with van der Waals surface area (Å²) in [5, 5.41) is 0.826. The van der Waals surface area contributed by atoms with Crippen LogP contribution in [0.3, 0.4) is 0 Å². The fourth-order valence-corrected chi connectivity index (χ4v) is 4.13. The summed E-state index contributed by atoms with van der Waals surface area (Å²) in [6.07, 6.45) is 2.05. The number of halogens is 1. The largest absolute Gasteiger partial charge is 0.494 e. The van der Waals surface area contributed by atoms with Crippen molar-refractivity contribution in [3.05, 3.63) is 74.6 Å². The maximum atomic E-state index is 13.5. The Balaban J connectivity index is 1.79. The topological polar surface area (TPSA) is 63.0 Å². The Morgan fingerprint density at radius 1 is 1.12 bits per heavy atom. The second-order valence-electron chi connectivity index (χ2n) is 8.29. The maximum Gasteiger partial charge on any atom is 0.290 e. The molecule has 0 N–H and O–H groups in total. The highest BCUT2D eigenvalue weighted by Crippen LogP contribution is 2.38. The number of nitrogens with zero attached hydrogens (tertiary/aromatic N) is 2. The monoisotopic (exact) mass is 454 g/mol. The SMILES string of the molecule is CCCCOc1ccc(C2c3c(oc4ccc(Cl)cc4c3=O)C(=O)N2CCN(C)C)cc1. The van der Waals surface area contributed by atoms with E-state index in [9.17, 15) is 9.59 Å². The van der Waals surface area contributed by atoms with E-state index in [4.69, 9.17) is 20.8 Å². The molecule has 2 heterocycles. The van der Waals surface area contributed by atoms with Crippen molar-refractivity contribution < 1.29 is 13.9 Å². The lowest BCUT2D eigenvalue weighted by Gasteiger charge is -2.26. The molecule has 0 saturated carbocycles. The molecule has 2 aromatic carbocycles. The summed E-state index contributed by atoms with van der Waals surface area (Å²) >= 11 is 6.13. The minimum absolute atomic E-state index is 0.108. The van der Waals surface area contributed by atoms with E-state index in [1.165, 1.54) is 0 Å². The number of hydrogen-bond donors (Lipinski definition) is 0. The first-order valence-corrected chi connectivity index (χ1v) is 11.2. The predicted molar refractivity (Wildman–Crippen MR) is 126 cm³/mol. The third-order valence-corrected chi connectivity index (χ3v) is 5.91. The van der Waals surface area contributed by atoms with Crippen molar-refractivity contribution >= 4 is 28.5 Å². The number of benzene rings is 2. The number of fused-ring (bicyclic) bond motifs is 2. The molecular formula is C25H27ClN2O4. The summed E-state index contributed by atoms with van der Waals surface area (Å²) < 4.78 is 11.7. The van der Waals surface area contributed by atoms with Crippen LogP contribution in [0.2, 0.25) is 5.02 Å². The smallest absolute Gasteiger partial charge is 0.290 e. The average molecular weight is 455 g/mol. The molecule has 0 radical (unpaired) electrons. The van der Waals surface area contributed by atoms with Crippen molar-refractivity contribution in [2.24, 2.45) is 0 Å². The van der Waals surface area contributed by atoms with Crippen LogP contribution in [-0.4, -0.2) is 49.5 Å². The Hall–Kier alpha value is -2.83. The summed E-state index contributed by atoms with van der Waals surface area (Å²) in [7, 11) is 3.90. The van der Waals surface area contributed by atoms with Crippen molar-refractivity contribution in [3.63, 3.8) is 0 Å². The number of rotatable bonds is 8. The zero-order valence-electron chi connectivity index (χ0n) is 18.6. The number of amides is 1. The minimum atomic E-state index is -0.526. The van der Waals surface area contributed by atoms with Gasteiger partial charge in [0.25, 0.3) is 5.91 Å². The van der Waals surface area contributed by atoms with E-state index in [0.717, 1.165) is 24.2 Å². The summed E-state index contributed by atoms with van der Waals surface area (Å²) in [6.45, 7) is 3.90. The quantitative estimate of drug-likeness (QED) is 0.460. The zero-order chi connectivity index (χ0) is 22.8. The van der Waals surface area contributed by atoms with Crippen molar-refractivity contribution in [2.45, 2.75) is 25.8 Å². The fraction of sp³-hybridized carbons (Fsp3) is 0.360. The van der Waals surface area contributed by atoms with Crippen LogP contribution in [0.25, 0.3) is 11.0 Å². The van der Waals surface area contributed by atoms with E-state index in [-0.39, 0.29) is 17.1 Å². The third-order valence-electron chi connectivity index (χ3n) is 5.68. The van der Waals surface area contributed by atoms with Crippen LogP contribution in [0.5, 0.6) is 5.75 Å². The molecule has 0 spiro atoms. The molecule has 0 bridgehead atoms. The van der Waals surface area contributed by atoms with Gasteiger partial charge in [-0.3, -0.25) is 9.59 Å². The summed E-state index contributed by atoms with van der Waals surface area (Å²) in [6, 6.07) is 12.0. The van der Waals surface area contributed by atoms with Gasteiger partial charge in [0.1, 0.15) is 11.3 Å². The van der Waals surface area contributed by atoms with Gasteiger partial charge in [0.15, 0.2) is 5.43 Å². The van der Waals surface area contributed by atoms with Crippen LogP contribution >= 0.6 is 11.6 Å². The van der Waals surface area contributed by atoms with Gasteiger partial charge in [-0.15, -0.1) is 0 Å². The van der Waals surface area contributed by atoms with E-state index in [0.29, 0.717) is 41.3 Å². The highest BCUT2D eigenvalue weighted by Gasteiger charge is 2.42. The van der Waals surface area contributed by atoms with E-state index in [1.54, 1.807) is 23.1 Å². The number of ether oxygens (including phenoxy) is 1. The Morgan fingerprint density at radius 2 is 1.88 bits per heavy atom. The lowest BCUT2D eigenvalue weighted by Crippen LogP contribution is -2.35. The van der Waals surface area contributed by atoms with Crippen LogP contribution in [0.1, 0.15) is 47.5 Å². The molecule has 0 fully saturated rings. The highest BCUT2D eigenvalue weighted by atomic mass is 35.5. The summed E-state index contributed by atoms with van der Waals surface area (Å²) in [5.41, 5.74) is 1.34. The molecule has 32 heavy (non-hydrogen) atoms. The summed E-state index contributed by atoms with van der Waals surface area (Å²) in [5.74, 6) is 0.602. The predicted octanol–water partition coefficient (Wildman–Crippen LogP) is 4.73. The molecule has 1 unspecified atom stereocenters. The molecule has 1 atom stereocenters. The van der Waals surface area contributed by atoms with E-state index in [1.807, 2.05) is 43.3 Å². The lowest BCUT2D eigenvalue weighted by molar-refractivity contribution is 0.0716. The van der Waals surface area contributed by atoms with Crippen molar-refractivity contribution in [2.75, 3.05) is 33.8 Å². The molecule has 3 aromatic rings. The lowest BCUT2D eigenvalue weighted by atomic mass is 9.98. The van der Waals surface area contributed by atoms with Gasteiger partial charge in [0.2, 0.25) is 5.76 Å². The maximum absolute atomic E-state index is 13.5. The van der Waals surface area contributed by atoms with Crippen LogP contribution in [0, 0.1) is 0 Å². The first-order chi connectivity index (χ1) is 15.4. The standard InChI is InChI=1S/C25H27ClN2O4/c1-4-5-14-31-18-9-6-16(7-10-18)22-21-23(29)19-15-17(26)8-11-20(19)32-24(21)25(30)28(22)13-12-27(2)3/h6-11,15,22H,4-5,12-14H2,1-3H3. The number of hydrogen-bond acceptors (Lipinski definition) is 5. The molecule has 1 aliphatic rings. The Labute approximate surface area is 192 Å². The molecule has 4 rings (SSSR count). The van der Waals surface area contributed by atoms with Crippen LogP contribution in [0.15, 0.2) is 51.7 Å². The summed E-state index contributed by atoms with van der Waals surface area (Å²) in [4.78, 5) is 30.5. The van der Waals surface area contributed by atoms with Gasteiger partial charge in [-0.2, -0.15) is 0 Å². The average Bonchev–Trinajstić information content (AvgIpc) is 3.05. The second-order valence-corrected chi connectivity index (χ2v) is 8.73. The second kappa shape index (κ2) is 9.35. The number of carbonyl (C=O) groups is 1. The first kappa shape index (κ1) is 22.4. The van der Waals surface area contributed by atoms with Crippen LogP contribution in [0.4, 0.5) is 0 Å². The molecule has 1 aliphatic heterocycles. The molecule has 7 heteroatoms. The molecule has 1 aromatic heterocycles. The molecule has 0 saturated heterocycles.